The summed E-state index contributed by atoms with van der Waals surface area (Å²) in [5.41, 5.74) is 1.73. The quantitative estimate of drug-likeness (QED) is 0.541. The van der Waals surface area contributed by atoms with Crippen molar-refractivity contribution in [1.29, 1.82) is 0 Å². The second-order valence-corrected chi connectivity index (χ2v) is 5.54. The summed E-state index contributed by atoms with van der Waals surface area (Å²) in [6.45, 7) is 6.85. The molecule has 0 N–H and O–H groups in total. The molecule has 0 spiro atoms. The van der Waals surface area contributed by atoms with Crippen LogP contribution in [-0.2, 0) is 9.53 Å². The smallest absolute Gasteiger partial charge is 0.309 e. The number of hydrogen-bond donors (Lipinski definition) is 0. The Kier molecular flexibility index (Phi) is 3.09. The Bertz CT molecular complexity index is 319. The Morgan fingerprint density at radius 3 is 2.94 bits per heavy atom. The fourth-order valence-corrected chi connectivity index (χ4v) is 2.99. The van der Waals surface area contributed by atoms with Crippen molar-refractivity contribution in [3.63, 3.8) is 0 Å². The molecule has 0 radical (unpaired) electrons. The first kappa shape index (κ1) is 11.7. The van der Waals surface area contributed by atoms with Gasteiger partial charge >= 0.3 is 5.97 Å². The third kappa shape index (κ3) is 2.02. The van der Waals surface area contributed by atoms with Crippen LogP contribution in [0.3, 0.4) is 0 Å². The molecule has 1 fully saturated rings. The molecule has 1 saturated carbocycles. The van der Waals surface area contributed by atoms with Crippen molar-refractivity contribution in [3.05, 3.63) is 11.6 Å². The summed E-state index contributed by atoms with van der Waals surface area (Å²) >= 11 is 0. The molecule has 0 amide bonds. The van der Waals surface area contributed by atoms with Crippen LogP contribution in [0.2, 0.25) is 0 Å². The molecule has 0 heterocycles. The minimum Gasteiger partial charge on any atom is -0.466 e. The molecule has 0 aromatic rings. The van der Waals surface area contributed by atoms with Crippen molar-refractivity contribution in [2.24, 2.45) is 17.3 Å². The standard InChI is InChI=1S/C14H22O2/c1-4-16-13(15)12-9-14(12,3)11-7-5-10(2)6-8-11/h5,11-12H,4,6-9H2,1-3H3. The first-order chi connectivity index (χ1) is 7.58. The molecule has 0 aromatic heterocycles. The van der Waals surface area contributed by atoms with Crippen molar-refractivity contribution in [3.8, 4) is 0 Å². The molecule has 16 heavy (non-hydrogen) atoms. The van der Waals surface area contributed by atoms with E-state index in [9.17, 15) is 4.79 Å². The van der Waals surface area contributed by atoms with Gasteiger partial charge in [0.15, 0.2) is 0 Å². The van der Waals surface area contributed by atoms with E-state index in [1.807, 2.05) is 6.92 Å². The van der Waals surface area contributed by atoms with E-state index in [1.54, 1.807) is 0 Å². The van der Waals surface area contributed by atoms with Crippen molar-refractivity contribution < 1.29 is 9.53 Å². The zero-order valence-corrected chi connectivity index (χ0v) is 10.6. The SMILES string of the molecule is CCOC(=O)C1CC1(C)C1CC=C(C)CC1. The first-order valence-corrected chi connectivity index (χ1v) is 6.40. The number of ether oxygens (including phenoxy) is 1. The van der Waals surface area contributed by atoms with Gasteiger partial charge in [-0.3, -0.25) is 4.79 Å². The molecule has 0 bridgehead atoms. The maximum atomic E-state index is 11.7. The Hall–Kier alpha value is -0.790. The lowest BCUT2D eigenvalue weighted by atomic mass is 9.78. The zero-order valence-electron chi connectivity index (χ0n) is 10.6. The minimum atomic E-state index is 0.0243. The first-order valence-electron chi connectivity index (χ1n) is 6.40. The van der Waals surface area contributed by atoms with Gasteiger partial charge in [-0.2, -0.15) is 0 Å². The van der Waals surface area contributed by atoms with E-state index in [2.05, 4.69) is 19.9 Å². The van der Waals surface area contributed by atoms with Crippen LogP contribution in [0.25, 0.3) is 0 Å². The highest BCUT2D eigenvalue weighted by Crippen LogP contribution is 2.61. The molecule has 2 rings (SSSR count). The highest BCUT2D eigenvalue weighted by molar-refractivity contribution is 5.77. The Balaban J connectivity index is 1.94. The maximum Gasteiger partial charge on any atom is 0.309 e. The van der Waals surface area contributed by atoms with Crippen molar-refractivity contribution in [2.75, 3.05) is 6.61 Å². The molecule has 0 aromatic carbocycles. The summed E-state index contributed by atoms with van der Waals surface area (Å²) < 4.78 is 5.12. The molecule has 3 atom stereocenters. The average molecular weight is 222 g/mol. The number of carbonyl (C=O) groups excluding carboxylic acids is 1. The van der Waals surface area contributed by atoms with Gasteiger partial charge in [0.25, 0.3) is 0 Å². The number of rotatable bonds is 3. The van der Waals surface area contributed by atoms with Gasteiger partial charge in [-0.1, -0.05) is 18.6 Å². The summed E-state index contributed by atoms with van der Waals surface area (Å²) in [5, 5.41) is 0. The van der Waals surface area contributed by atoms with E-state index in [1.165, 1.54) is 18.4 Å². The van der Waals surface area contributed by atoms with Gasteiger partial charge in [-0.05, 0) is 50.9 Å². The van der Waals surface area contributed by atoms with Crippen LogP contribution in [-0.4, -0.2) is 12.6 Å². The Morgan fingerprint density at radius 1 is 1.62 bits per heavy atom. The predicted octanol–water partition coefficient (Wildman–Crippen LogP) is 3.32. The van der Waals surface area contributed by atoms with Gasteiger partial charge in [-0.25, -0.2) is 0 Å². The van der Waals surface area contributed by atoms with Gasteiger partial charge < -0.3 is 4.74 Å². The zero-order chi connectivity index (χ0) is 11.8. The van der Waals surface area contributed by atoms with Crippen molar-refractivity contribution >= 4 is 5.97 Å². The normalized spacial score (nSPS) is 37.8. The van der Waals surface area contributed by atoms with Crippen molar-refractivity contribution in [2.45, 2.75) is 46.5 Å². The summed E-state index contributed by atoms with van der Waals surface area (Å²) in [5.74, 6) is 0.881. The minimum absolute atomic E-state index is 0.0243. The van der Waals surface area contributed by atoms with Crippen molar-refractivity contribution in [1.82, 2.24) is 0 Å². The second kappa shape index (κ2) is 4.23. The van der Waals surface area contributed by atoms with E-state index < -0.39 is 0 Å². The van der Waals surface area contributed by atoms with E-state index in [0.717, 1.165) is 12.8 Å². The number of allylic oxidation sites excluding steroid dienone is 2. The van der Waals surface area contributed by atoms with E-state index in [4.69, 9.17) is 4.74 Å². The summed E-state index contributed by atoms with van der Waals surface area (Å²) in [6, 6.07) is 0. The lowest BCUT2D eigenvalue weighted by Gasteiger charge is -2.27. The van der Waals surface area contributed by atoms with Crippen LogP contribution < -0.4 is 0 Å². The van der Waals surface area contributed by atoms with Gasteiger partial charge in [0.05, 0.1) is 12.5 Å². The van der Waals surface area contributed by atoms with Gasteiger partial charge in [0, 0.05) is 0 Å². The third-order valence-electron chi connectivity index (χ3n) is 4.42. The van der Waals surface area contributed by atoms with E-state index in [0.29, 0.717) is 12.5 Å². The molecular formula is C14H22O2. The topological polar surface area (TPSA) is 26.3 Å². The predicted molar refractivity (Wildman–Crippen MR) is 63.9 cm³/mol. The van der Waals surface area contributed by atoms with Crippen LogP contribution in [0.5, 0.6) is 0 Å². The van der Waals surface area contributed by atoms with Crippen LogP contribution in [0.15, 0.2) is 11.6 Å². The largest absolute Gasteiger partial charge is 0.466 e. The molecule has 2 heteroatoms. The molecule has 2 nitrogen and oxygen atoms in total. The van der Waals surface area contributed by atoms with Gasteiger partial charge in [0.2, 0.25) is 0 Å². The van der Waals surface area contributed by atoms with Crippen LogP contribution >= 0.6 is 0 Å². The van der Waals surface area contributed by atoms with E-state index >= 15 is 0 Å². The fraction of sp³-hybridized carbons (Fsp3) is 0.786. The molecule has 2 aliphatic rings. The van der Waals surface area contributed by atoms with Crippen LogP contribution in [0, 0.1) is 17.3 Å². The number of esters is 1. The number of carbonyl (C=O) groups is 1. The molecule has 3 unspecified atom stereocenters. The maximum absolute atomic E-state index is 11.7. The van der Waals surface area contributed by atoms with Crippen LogP contribution in [0.1, 0.15) is 46.5 Å². The molecule has 0 aliphatic heterocycles. The second-order valence-electron chi connectivity index (χ2n) is 5.54. The molecule has 0 saturated heterocycles. The summed E-state index contributed by atoms with van der Waals surface area (Å²) in [6.07, 6.45) is 6.98. The van der Waals surface area contributed by atoms with Gasteiger partial charge in [-0.15, -0.1) is 0 Å². The average Bonchev–Trinajstić information content (AvgIpc) is 2.93. The van der Waals surface area contributed by atoms with Crippen LogP contribution in [0.4, 0.5) is 0 Å². The van der Waals surface area contributed by atoms with Gasteiger partial charge in [0.1, 0.15) is 0 Å². The monoisotopic (exact) mass is 222 g/mol. The fourth-order valence-electron chi connectivity index (χ4n) is 2.99. The summed E-state index contributed by atoms with van der Waals surface area (Å²) in [7, 11) is 0. The molecule has 90 valence electrons. The Morgan fingerprint density at radius 2 is 2.38 bits per heavy atom. The Labute approximate surface area is 98.1 Å². The molecule has 2 aliphatic carbocycles. The summed E-state index contributed by atoms with van der Waals surface area (Å²) in [4.78, 5) is 11.7. The highest BCUT2D eigenvalue weighted by Gasteiger charge is 2.59. The van der Waals surface area contributed by atoms with E-state index in [-0.39, 0.29) is 17.3 Å². The lowest BCUT2D eigenvalue weighted by molar-refractivity contribution is -0.145. The number of hydrogen-bond acceptors (Lipinski definition) is 2. The third-order valence-corrected chi connectivity index (χ3v) is 4.42. The molecular weight excluding hydrogens is 200 g/mol. The lowest BCUT2D eigenvalue weighted by Crippen LogP contribution is -2.21. The highest BCUT2D eigenvalue weighted by atomic mass is 16.5.